The predicted molar refractivity (Wildman–Crippen MR) is 111 cm³/mol. The van der Waals surface area contributed by atoms with Gasteiger partial charge < -0.3 is 44.5 Å². The van der Waals surface area contributed by atoms with Gasteiger partial charge in [0.15, 0.2) is 0 Å². The molecule has 5 N–H and O–H groups in total. The number of methoxy groups -OCH3 is 2. The van der Waals surface area contributed by atoms with Crippen molar-refractivity contribution in [3.63, 3.8) is 0 Å². The van der Waals surface area contributed by atoms with Gasteiger partial charge in [-0.2, -0.15) is 0 Å². The van der Waals surface area contributed by atoms with E-state index in [1.54, 1.807) is 0 Å². The standard InChI is InChI=1S/C22H24O11/c1-30-13-4-10(3-12(24)7-13)17(25)18(26)11-5-14(31-2)8-15(6-11)32-22-21(29)20(28)19(27)16(9-23)33-22/h3-8,16,19-24,27-29H,9H2,1-2H3/t16-,19-,20+,21-,22-/m1/s1. The second kappa shape index (κ2) is 10.1. The summed E-state index contributed by atoms with van der Waals surface area (Å²) in [6, 6.07) is 7.53. The van der Waals surface area contributed by atoms with Crippen molar-refractivity contribution in [2.45, 2.75) is 30.7 Å². The highest BCUT2D eigenvalue weighted by Crippen LogP contribution is 2.29. The Morgan fingerprint density at radius 2 is 1.36 bits per heavy atom. The summed E-state index contributed by atoms with van der Waals surface area (Å²) in [5.74, 6) is -1.87. The Kier molecular flexibility index (Phi) is 7.51. The largest absolute Gasteiger partial charge is 0.508 e. The number of hydrogen-bond donors (Lipinski definition) is 5. The number of aliphatic hydroxyl groups is 4. The fourth-order valence-corrected chi connectivity index (χ4v) is 3.28. The van der Waals surface area contributed by atoms with E-state index in [2.05, 4.69) is 0 Å². The van der Waals surface area contributed by atoms with E-state index in [1.165, 1.54) is 44.6 Å². The van der Waals surface area contributed by atoms with Crippen molar-refractivity contribution >= 4 is 11.6 Å². The number of aliphatic hydroxyl groups excluding tert-OH is 4. The molecule has 11 heteroatoms. The monoisotopic (exact) mass is 464 g/mol. The Labute approximate surface area is 188 Å². The third-order valence-corrected chi connectivity index (χ3v) is 5.07. The quantitative estimate of drug-likeness (QED) is 0.255. The molecular formula is C22H24O11. The summed E-state index contributed by atoms with van der Waals surface area (Å²) in [6.07, 6.45) is -7.59. The van der Waals surface area contributed by atoms with Crippen LogP contribution < -0.4 is 14.2 Å². The van der Waals surface area contributed by atoms with Crippen molar-refractivity contribution in [1.82, 2.24) is 0 Å². The first-order valence-electron chi connectivity index (χ1n) is 9.81. The Hall–Kier alpha value is -3.22. The van der Waals surface area contributed by atoms with Crippen molar-refractivity contribution in [3.05, 3.63) is 47.5 Å². The summed E-state index contributed by atoms with van der Waals surface area (Å²) in [4.78, 5) is 25.6. The van der Waals surface area contributed by atoms with Gasteiger partial charge in [-0.15, -0.1) is 0 Å². The number of benzene rings is 2. The molecule has 178 valence electrons. The van der Waals surface area contributed by atoms with Crippen LogP contribution in [0.3, 0.4) is 0 Å². The Morgan fingerprint density at radius 3 is 1.94 bits per heavy atom. The van der Waals surface area contributed by atoms with Crippen LogP contribution in [0, 0.1) is 0 Å². The average molecular weight is 464 g/mol. The summed E-state index contributed by atoms with van der Waals surface area (Å²) in [5.41, 5.74) is -0.225. The lowest BCUT2D eigenvalue weighted by molar-refractivity contribution is -0.277. The molecule has 1 aliphatic heterocycles. The molecule has 1 fully saturated rings. The zero-order valence-electron chi connectivity index (χ0n) is 17.7. The first kappa shape index (κ1) is 24.4. The van der Waals surface area contributed by atoms with Crippen molar-refractivity contribution < 1.29 is 54.1 Å². The molecule has 11 nitrogen and oxygen atoms in total. The van der Waals surface area contributed by atoms with Crippen LogP contribution in [0.15, 0.2) is 36.4 Å². The minimum absolute atomic E-state index is 0.0525. The number of phenolic OH excluding ortho intramolecular Hbond substituents is 1. The van der Waals surface area contributed by atoms with E-state index < -0.39 is 48.9 Å². The SMILES string of the molecule is COc1cc(O)cc(C(=O)C(=O)c2cc(OC)cc(O[C@@H]3O[C@H](CO)[C@@H](O)[C@H](O)[C@H]3O)c2)c1. The highest BCUT2D eigenvalue weighted by Gasteiger charge is 2.44. The number of carbonyl (C=O) groups is 2. The zero-order valence-corrected chi connectivity index (χ0v) is 17.7. The molecule has 33 heavy (non-hydrogen) atoms. The zero-order chi connectivity index (χ0) is 24.3. The molecule has 0 saturated carbocycles. The molecule has 0 aliphatic carbocycles. The van der Waals surface area contributed by atoms with E-state index in [4.69, 9.17) is 18.9 Å². The number of hydrogen-bond acceptors (Lipinski definition) is 11. The van der Waals surface area contributed by atoms with Crippen LogP contribution >= 0.6 is 0 Å². The van der Waals surface area contributed by atoms with Gasteiger partial charge in [0, 0.05) is 23.3 Å². The van der Waals surface area contributed by atoms with Gasteiger partial charge in [0.05, 0.1) is 20.8 Å². The molecule has 1 heterocycles. The van der Waals surface area contributed by atoms with Crippen molar-refractivity contribution in [2.75, 3.05) is 20.8 Å². The molecule has 3 rings (SSSR count). The van der Waals surface area contributed by atoms with Gasteiger partial charge >= 0.3 is 0 Å². The molecule has 0 radical (unpaired) electrons. The van der Waals surface area contributed by atoms with E-state index in [0.717, 1.165) is 6.07 Å². The third kappa shape index (κ3) is 5.24. The van der Waals surface area contributed by atoms with Gasteiger partial charge in [0.2, 0.25) is 17.9 Å². The molecule has 0 unspecified atom stereocenters. The van der Waals surface area contributed by atoms with E-state index in [1.807, 2.05) is 0 Å². The Morgan fingerprint density at radius 1 is 0.818 bits per heavy atom. The summed E-state index contributed by atoms with van der Waals surface area (Å²) >= 11 is 0. The minimum Gasteiger partial charge on any atom is -0.508 e. The minimum atomic E-state index is -1.67. The summed E-state index contributed by atoms with van der Waals surface area (Å²) in [6.45, 7) is -0.644. The maximum atomic E-state index is 12.9. The number of ether oxygens (including phenoxy) is 4. The maximum absolute atomic E-state index is 12.9. The van der Waals surface area contributed by atoms with Crippen LogP contribution in [0.25, 0.3) is 0 Å². The predicted octanol–water partition coefficient (Wildman–Crippen LogP) is -0.346. The van der Waals surface area contributed by atoms with Crippen LogP contribution in [0.4, 0.5) is 0 Å². The van der Waals surface area contributed by atoms with Crippen LogP contribution in [-0.4, -0.2) is 88.6 Å². The molecule has 0 aromatic heterocycles. The van der Waals surface area contributed by atoms with Gasteiger partial charge in [-0.3, -0.25) is 9.59 Å². The van der Waals surface area contributed by atoms with Gasteiger partial charge in [0.25, 0.3) is 0 Å². The number of phenols is 1. The second-order valence-corrected chi connectivity index (χ2v) is 7.29. The highest BCUT2D eigenvalue weighted by molar-refractivity contribution is 6.49. The Bertz CT molecular complexity index is 1020. The van der Waals surface area contributed by atoms with Crippen molar-refractivity contribution in [3.8, 4) is 23.0 Å². The molecular weight excluding hydrogens is 440 g/mol. The Balaban J connectivity index is 1.88. The lowest BCUT2D eigenvalue weighted by atomic mass is 9.99. The van der Waals surface area contributed by atoms with Crippen molar-refractivity contribution in [2.24, 2.45) is 0 Å². The molecule has 1 saturated heterocycles. The topological polar surface area (TPSA) is 172 Å². The van der Waals surface area contributed by atoms with E-state index in [-0.39, 0.29) is 34.1 Å². The average Bonchev–Trinajstić information content (AvgIpc) is 2.82. The number of Topliss-reactive ketones (excluding diaryl/α,β-unsaturated/α-hetero) is 2. The molecule has 2 aromatic carbocycles. The van der Waals surface area contributed by atoms with Gasteiger partial charge in [-0.05, 0) is 24.3 Å². The van der Waals surface area contributed by atoms with E-state index in [0.29, 0.717) is 0 Å². The maximum Gasteiger partial charge on any atom is 0.233 e. The fraction of sp³-hybridized carbons (Fsp3) is 0.364. The van der Waals surface area contributed by atoms with Crippen LogP contribution in [0.5, 0.6) is 23.0 Å². The first-order chi connectivity index (χ1) is 15.7. The number of carbonyl (C=O) groups excluding carboxylic acids is 2. The lowest BCUT2D eigenvalue weighted by Crippen LogP contribution is -2.60. The number of ketones is 2. The number of rotatable bonds is 8. The summed E-state index contributed by atoms with van der Waals surface area (Å²) in [5, 5.41) is 49.1. The summed E-state index contributed by atoms with van der Waals surface area (Å²) in [7, 11) is 2.67. The van der Waals surface area contributed by atoms with Crippen LogP contribution in [0.2, 0.25) is 0 Å². The molecule has 0 amide bonds. The highest BCUT2D eigenvalue weighted by atomic mass is 16.7. The van der Waals surface area contributed by atoms with E-state index >= 15 is 0 Å². The lowest BCUT2D eigenvalue weighted by Gasteiger charge is -2.39. The molecule has 1 aliphatic rings. The van der Waals surface area contributed by atoms with Gasteiger partial charge in [-0.1, -0.05) is 0 Å². The van der Waals surface area contributed by atoms with E-state index in [9.17, 15) is 35.1 Å². The van der Waals surface area contributed by atoms with Crippen LogP contribution in [-0.2, 0) is 4.74 Å². The normalized spacial score (nSPS) is 24.7. The first-order valence-corrected chi connectivity index (χ1v) is 9.81. The fourth-order valence-electron chi connectivity index (χ4n) is 3.28. The smallest absolute Gasteiger partial charge is 0.233 e. The third-order valence-electron chi connectivity index (χ3n) is 5.07. The van der Waals surface area contributed by atoms with Crippen LogP contribution in [0.1, 0.15) is 20.7 Å². The van der Waals surface area contributed by atoms with Gasteiger partial charge in [0.1, 0.15) is 47.4 Å². The molecule has 0 bridgehead atoms. The molecule has 0 spiro atoms. The van der Waals surface area contributed by atoms with Crippen molar-refractivity contribution in [1.29, 1.82) is 0 Å². The number of aromatic hydroxyl groups is 1. The molecule has 2 aromatic rings. The molecule has 5 atom stereocenters. The second-order valence-electron chi connectivity index (χ2n) is 7.29. The summed E-state index contributed by atoms with van der Waals surface area (Å²) < 4.78 is 21.0. The van der Waals surface area contributed by atoms with Gasteiger partial charge in [-0.25, -0.2) is 0 Å².